The molecule has 1 aliphatic rings. The lowest BCUT2D eigenvalue weighted by Gasteiger charge is -2.34. The molecule has 0 bridgehead atoms. The lowest BCUT2D eigenvalue weighted by molar-refractivity contribution is 0.172. The van der Waals surface area contributed by atoms with E-state index in [4.69, 9.17) is 12.2 Å². The number of hydrogen-bond donors (Lipinski definition) is 1. The smallest absolute Gasteiger partial charge is 0.0214 e. The summed E-state index contributed by atoms with van der Waals surface area (Å²) in [5, 5.41) is 0. The first-order valence-electron chi connectivity index (χ1n) is 4.65. The van der Waals surface area contributed by atoms with Gasteiger partial charge in [-0.1, -0.05) is 6.92 Å². The van der Waals surface area contributed by atoms with Gasteiger partial charge in [0.2, 0.25) is 0 Å². The van der Waals surface area contributed by atoms with Crippen LogP contribution in [-0.2, 0) is 0 Å². The molecular formula is C10H18N2. The molecule has 1 rings (SSSR count). The van der Waals surface area contributed by atoms with Crippen LogP contribution in [0.25, 0.3) is 0 Å². The van der Waals surface area contributed by atoms with Crippen LogP contribution in [0.1, 0.15) is 19.8 Å². The molecule has 1 fully saturated rings. The molecule has 0 spiro atoms. The second-order valence-corrected chi connectivity index (χ2v) is 3.68. The summed E-state index contributed by atoms with van der Waals surface area (Å²) in [5.41, 5.74) is 5.95. The highest BCUT2D eigenvalue weighted by Crippen LogP contribution is 2.14. The van der Waals surface area contributed by atoms with Crippen molar-refractivity contribution in [2.24, 2.45) is 11.7 Å². The first-order valence-corrected chi connectivity index (χ1v) is 4.65. The Hall–Kier alpha value is -0.520. The summed E-state index contributed by atoms with van der Waals surface area (Å²) >= 11 is 0. The molecule has 2 heteroatoms. The topological polar surface area (TPSA) is 29.3 Å². The Morgan fingerprint density at radius 2 is 2.42 bits per heavy atom. The molecule has 1 saturated heterocycles. The van der Waals surface area contributed by atoms with Gasteiger partial charge in [-0.2, -0.15) is 0 Å². The molecule has 0 aliphatic carbocycles. The number of terminal acetylenes is 1. The zero-order valence-corrected chi connectivity index (χ0v) is 7.79. The molecule has 0 saturated carbocycles. The molecule has 68 valence electrons. The fourth-order valence-electron chi connectivity index (χ4n) is 1.60. The Balaban J connectivity index is 2.26. The van der Waals surface area contributed by atoms with Gasteiger partial charge in [-0.3, -0.25) is 0 Å². The second kappa shape index (κ2) is 4.49. The van der Waals surface area contributed by atoms with Crippen molar-refractivity contribution in [2.75, 3.05) is 19.6 Å². The molecule has 1 heterocycles. The molecule has 0 aromatic carbocycles. The Bertz CT molecular complexity index is 171. The SMILES string of the molecule is C#CCCN1CCC(C)C(N)C1. The summed E-state index contributed by atoms with van der Waals surface area (Å²) in [6, 6.07) is 0.344. The van der Waals surface area contributed by atoms with E-state index in [1.807, 2.05) is 0 Å². The minimum atomic E-state index is 0.344. The van der Waals surface area contributed by atoms with Crippen LogP contribution in [0.3, 0.4) is 0 Å². The van der Waals surface area contributed by atoms with Gasteiger partial charge in [0.15, 0.2) is 0 Å². The number of piperidine rings is 1. The fourth-order valence-corrected chi connectivity index (χ4v) is 1.60. The quantitative estimate of drug-likeness (QED) is 0.611. The van der Waals surface area contributed by atoms with Crippen molar-refractivity contribution >= 4 is 0 Å². The van der Waals surface area contributed by atoms with Crippen molar-refractivity contribution in [3.05, 3.63) is 0 Å². The lowest BCUT2D eigenvalue weighted by atomic mass is 9.94. The third-order valence-electron chi connectivity index (χ3n) is 2.67. The standard InChI is InChI=1S/C10H18N2/c1-3-4-6-12-7-5-9(2)10(11)8-12/h1,9-10H,4-8,11H2,2H3. The highest BCUT2D eigenvalue weighted by molar-refractivity contribution is 4.87. The van der Waals surface area contributed by atoms with Crippen LogP contribution in [0.4, 0.5) is 0 Å². The van der Waals surface area contributed by atoms with Crippen molar-refractivity contribution < 1.29 is 0 Å². The van der Waals surface area contributed by atoms with Crippen LogP contribution in [0.2, 0.25) is 0 Å². The predicted octanol–water partition coefficient (Wildman–Crippen LogP) is 0.679. The first kappa shape index (κ1) is 9.57. The van der Waals surface area contributed by atoms with Crippen molar-refractivity contribution in [1.82, 2.24) is 4.90 Å². The van der Waals surface area contributed by atoms with Crippen LogP contribution in [0.15, 0.2) is 0 Å². The van der Waals surface area contributed by atoms with Gasteiger partial charge >= 0.3 is 0 Å². The van der Waals surface area contributed by atoms with Crippen molar-refractivity contribution in [1.29, 1.82) is 0 Å². The zero-order valence-electron chi connectivity index (χ0n) is 7.79. The van der Waals surface area contributed by atoms with Gasteiger partial charge in [-0.05, 0) is 18.9 Å². The third kappa shape index (κ3) is 2.51. The number of likely N-dealkylation sites (tertiary alicyclic amines) is 1. The molecule has 2 atom stereocenters. The summed E-state index contributed by atoms with van der Waals surface area (Å²) in [7, 11) is 0. The second-order valence-electron chi connectivity index (χ2n) is 3.68. The van der Waals surface area contributed by atoms with Crippen LogP contribution < -0.4 is 5.73 Å². The van der Waals surface area contributed by atoms with Gasteiger partial charge in [0.05, 0.1) is 0 Å². The molecule has 2 unspecified atom stereocenters. The first-order chi connectivity index (χ1) is 5.74. The fraction of sp³-hybridized carbons (Fsp3) is 0.800. The van der Waals surface area contributed by atoms with E-state index in [2.05, 4.69) is 17.7 Å². The minimum Gasteiger partial charge on any atom is -0.326 e. The maximum atomic E-state index is 5.95. The average molecular weight is 166 g/mol. The summed E-state index contributed by atoms with van der Waals surface area (Å²) < 4.78 is 0. The van der Waals surface area contributed by atoms with E-state index < -0.39 is 0 Å². The van der Waals surface area contributed by atoms with Crippen molar-refractivity contribution in [2.45, 2.75) is 25.8 Å². The molecular weight excluding hydrogens is 148 g/mol. The minimum absolute atomic E-state index is 0.344. The van der Waals surface area contributed by atoms with E-state index >= 15 is 0 Å². The number of hydrogen-bond acceptors (Lipinski definition) is 2. The molecule has 2 nitrogen and oxygen atoms in total. The third-order valence-corrected chi connectivity index (χ3v) is 2.67. The normalized spacial score (nSPS) is 31.4. The highest BCUT2D eigenvalue weighted by atomic mass is 15.1. The molecule has 1 aliphatic heterocycles. The summed E-state index contributed by atoms with van der Waals surface area (Å²) in [4.78, 5) is 2.37. The Labute approximate surface area is 75.1 Å². The largest absolute Gasteiger partial charge is 0.326 e. The van der Waals surface area contributed by atoms with Gasteiger partial charge in [0, 0.05) is 25.6 Å². The van der Waals surface area contributed by atoms with E-state index in [-0.39, 0.29) is 0 Å². The molecule has 2 N–H and O–H groups in total. The van der Waals surface area contributed by atoms with E-state index in [0.29, 0.717) is 12.0 Å². The van der Waals surface area contributed by atoms with Gasteiger partial charge in [-0.25, -0.2) is 0 Å². The lowest BCUT2D eigenvalue weighted by Crippen LogP contribution is -2.47. The molecule has 0 aromatic heterocycles. The van der Waals surface area contributed by atoms with Gasteiger partial charge in [0.1, 0.15) is 0 Å². The summed E-state index contributed by atoms with van der Waals surface area (Å²) in [6.45, 7) is 5.42. The van der Waals surface area contributed by atoms with E-state index in [1.54, 1.807) is 0 Å². The number of nitrogens with zero attached hydrogens (tertiary/aromatic N) is 1. The number of rotatable bonds is 2. The molecule has 12 heavy (non-hydrogen) atoms. The Morgan fingerprint density at radius 1 is 1.67 bits per heavy atom. The van der Waals surface area contributed by atoms with Crippen molar-refractivity contribution in [3.63, 3.8) is 0 Å². The monoisotopic (exact) mass is 166 g/mol. The Morgan fingerprint density at radius 3 is 3.00 bits per heavy atom. The maximum absolute atomic E-state index is 5.95. The molecule has 0 amide bonds. The summed E-state index contributed by atoms with van der Waals surface area (Å²) in [6.07, 6.45) is 7.26. The van der Waals surface area contributed by atoms with E-state index in [1.165, 1.54) is 6.42 Å². The molecule has 0 aromatic rings. The van der Waals surface area contributed by atoms with Crippen LogP contribution >= 0.6 is 0 Å². The maximum Gasteiger partial charge on any atom is 0.0214 e. The van der Waals surface area contributed by atoms with Crippen LogP contribution in [0, 0.1) is 18.3 Å². The predicted molar refractivity (Wildman–Crippen MR) is 51.6 cm³/mol. The van der Waals surface area contributed by atoms with E-state index in [9.17, 15) is 0 Å². The number of nitrogens with two attached hydrogens (primary N) is 1. The average Bonchev–Trinajstić information content (AvgIpc) is 2.07. The van der Waals surface area contributed by atoms with Gasteiger partial charge in [-0.15, -0.1) is 12.3 Å². The van der Waals surface area contributed by atoms with Gasteiger partial charge in [0.25, 0.3) is 0 Å². The van der Waals surface area contributed by atoms with Crippen LogP contribution in [0.5, 0.6) is 0 Å². The Kier molecular flexibility index (Phi) is 3.58. The van der Waals surface area contributed by atoms with Gasteiger partial charge < -0.3 is 10.6 Å². The van der Waals surface area contributed by atoms with E-state index in [0.717, 1.165) is 26.1 Å². The van der Waals surface area contributed by atoms with Crippen LogP contribution in [-0.4, -0.2) is 30.6 Å². The zero-order chi connectivity index (χ0) is 8.97. The highest BCUT2D eigenvalue weighted by Gasteiger charge is 2.21. The van der Waals surface area contributed by atoms with Crippen molar-refractivity contribution in [3.8, 4) is 12.3 Å². The summed E-state index contributed by atoms with van der Waals surface area (Å²) in [5.74, 6) is 3.33. The molecule has 0 radical (unpaired) electrons.